The standard InChI is InChI=1S/C19H24N2/c1-18(2)14-8-9-19(3,11-14)17(18)21-15-10-13-6-4-5-7-16(13)20-12-15/h4-7,10,12,14,17,21H,8-9,11H2,1-3H3/t14-,17?,19+/m0/s1. The number of fused-ring (bicyclic) bond motifs is 3. The molecular weight excluding hydrogens is 256 g/mol. The Kier molecular flexibility index (Phi) is 2.64. The van der Waals surface area contributed by atoms with Gasteiger partial charge in [-0.15, -0.1) is 0 Å². The van der Waals surface area contributed by atoms with E-state index in [0.29, 0.717) is 16.9 Å². The second-order valence-electron chi connectivity index (χ2n) is 7.91. The maximum atomic E-state index is 4.59. The Morgan fingerprint density at radius 3 is 2.76 bits per heavy atom. The summed E-state index contributed by atoms with van der Waals surface area (Å²) < 4.78 is 0. The van der Waals surface area contributed by atoms with Gasteiger partial charge in [0, 0.05) is 11.4 Å². The van der Waals surface area contributed by atoms with E-state index in [2.05, 4.69) is 55.3 Å². The Bertz CT molecular complexity index is 686. The molecule has 4 rings (SSSR count). The van der Waals surface area contributed by atoms with Crippen molar-refractivity contribution in [3.05, 3.63) is 36.5 Å². The molecule has 0 aliphatic heterocycles. The van der Waals surface area contributed by atoms with Crippen molar-refractivity contribution in [1.29, 1.82) is 0 Å². The van der Waals surface area contributed by atoms with Crippen molar-refractivity contribution in [2.45, 2.75) is 46.1 Å². The van der Waals surface area contributed by atoms with Gasteiger partial charge in [-0.25, -0.2) is 0 Å². The van der Waals surface area contributed by atoms with Gasteiger partial charge >= 0.3 is 0 Å². The van der Waals surface area contributed by atoms with Crippen LogP contribution in [0.2, 0.25) is 0 Å². The van der Waals surface area contributed by atoms with Gasteiger partial charge in [-0.1, -0.05) is 39.0 Å². The summed E-state index contributed by atoms with van der Waals surface area (Å²) in [6.45, 7) is 7.34. The van der Waals surface area contributed by atoms with E-state index in [-0.39, 0.29) is 0 Å². The summed E-state index contributed by atoms with van der Waals surface area (Å²) in [5.74, 6) is 0.869. The molecule has 2 nitrogen and oxygen atoms in total. The van der Waals surface area contributed by atoms with Gasteiger partial charge in [0.25, 0.3) is 0 Å². The summed E-state index contributed by atoms with van der Waals surface area (Å²) >= 11 is 0. The molecule has 2 saturated carbocycles. The highest BCUT2D eigenvalue weighted by Gasteiger charge is 2.59. The van der Waals surface area contributed by atoms with Gasteiger partial charge < -0.3 is 5.32 Å². The SMILES string of the molecule is CC1(C)C(Nc2cnc3ccccc3c2)[C@]2(C)CC[C@H]1C2. The molecule has 110 valence electrons. The average Bonchev–Trinajstić information content (AvgIpc) is 2.95. The van der Waals surface area contributed by atoms with E-state index in [1.807, 2.05) is 12.3 Å². The highest BCUT2D eigenvalue weighted by atomic mass is 15.0. The molecule has 1 aromatic carbocycles. The lowest BCUT2D eigenvalue weighted by molar-refractivity contribution is 0.155. The number of pyridine rings is 1. The number of benzene rings is 1. The fraction of sp³-hybridized carbons (Fsp3) is 0.526. The van der Waals surface area contributed by atoms with Crippen molar-refractivity contribution in [3.8, 4) is 0 Å². The topological polar surface area (TPSA) is 24.9 Å². The van der Waals surface area contributed by atoms with Crippen LogP contribution < -0.4 is 5.32 Å². The molecule has 2 aliphatic carbocycles. The minimum atomic E-state index is 0.374. The highest BCUT2D eigenvalue weighted by Crippen LogP contribution is 2.63. The average molecular weight is 280 g/mol. The van der Waals surface area contributed by atoms with Crippen LogP contribution in [0.25, 0.3) is 10.9 Å². The van der Waals surface area contributed by atoms with E-state index >= 15 is 0 Å². The summed E-state index contributed by atoms with van der Waals surface area (Å²) in [7, 11) is 0. The number of anilines is 1. The van der Waals surface area contributed by atoms with Crippen LogP contribution in [0, 0.1) is 16.7 Å². The number of hydrogen-bond donors (Lipinski definition) is 1. The van der Waals surface area contributed by atoms with E-state index < -0.39 is 0 Å². The van der Waals surface area contributed by atoms with Gasteiger partial charge in [0.1, 0.15) is 0 Å². The second kappa shape index (κ2) is 4.22. The van der Waals surface area contributed by atoms with Gasteiger partial charge in [0.05, 0.1) is 17.4 Å². The lowest BCUT2D eigenvalue weighted by atomic mass is 9.68. The molecule has 1 heterocycles. The van der Waals surface area contributed by atoms with Crippen LogP contribution in [-0.2, 0) is 0 Å². The molecule has 2 aromatic rings. The Labute approximate surface area is 127 Å². The molecule has 1 aromatic heterocycles. The Morgan fingerprint density at radius 1 is 1.19 bits per heavy atom. The van der Waals surface area contributed by atoms with E-state index in [1.54, 1.807) is 0 Å². The van der Waals surface area contributed by atoms with Gasteiger partial charge in [-0.05, 0) is 48.1 Å². The molecular formula is C19H24N2. The first-order valence-corrected chi connectivity index (χ1v) is 8.10. The van der Waals surface area contributed by atoms with Crippen LogP contribution in [0.15, 0.2) is 36.5 Å². The minimum absolute atomic E-state index is 0.374. The number of nitrogens with zero attached hydrogens (tertiary/aromatic N) is 1. The normalized spacial score (nSPS) is 33.5. The van der Waals surface area contributed by atoms with Crippen molar-refractivity contribution < 1.29 is 0 Å². The summed E-state index contributed by atoms with van der Waals surface area (Å²) in [6, 6.07) is 11.1. The Balaban J connectivity index is 1.68. The van der Waals surface area contributed by atoms with Crippen molar-refractivity contribution >= 4 is 16.6 Å². The van der Waals surface area contributed by atoms with Crippen molar-refractivity contribution in [1.82, 2.24) is 4.98 Å². The first-order chi connectivity index (χ1) is 9.99. The summed E-state index contributed by atoms with van der Waals surface area (Å²) in [5, 5.41) is 5.05. The minimum Gasteiger partial charge on any atom is -0.380 e. The molecule has 3 atom stereocenters. The number of nitrogens with one attached hydrogen (secondary N) is 1. The second-order valence-corrected chi connectivity index (χ2v) is 7.91. The number of rotatable bonds is 2. The first-order valence-electron chi connectivity index (χ1n) is 8.10. The number of para-hydroxylation sites is 1. The predicted molar refractivity (Wildman–Crippen MR) is 88.4 cm³/mol. The van der Waals surface area contributed by atoms with Crippen LogP contribution in [0.4, 0.5) is 5.69 Å². The zero-order valence-electron chi connectivity index (χ0n) is 13.2. The first kappa shape index (κ1) is 13.1. The van der Waals surface area contributed by atoms with Crippen molar-refractivity contribution in [2.75, 3.05) is 5.32 Å². The van der Waals surface area contributed by atoms with Crippen LogP contribution >= 0.6 is 0 Å². The van der Waals surface area contributed by atoms with E-state index in [1.165, 1.54) is 30.3 Å². The lowest BCUT2D eigenvalue weighted by Crippen LogP contribution is -2.45. The largest absolute Gasteiger partial charge is 0.380 e. The fourth-order valence-electron chi connectivity index (χ4n) is 4.98. The van der Waals surface area contributed by atoms with Crippen LogP contribution in [0.5, 0.6) is 0 Å². The van der Waals surface area contributed by atoms with Crippen molar-refractivity contribution in [2.24, 2.45) is 16.7 Å². The molecule has 0 radical (unpaired) electrons. The number of hydrogen-bond acceptors (Lipinski definition) is 2. The molecule has 1 unspecified atom stereocenters. The summed E-state index contributed by atoms with van der Waals surface area (Å²) in [6.07, 6.45) is 6.13. The van der Waals surface area contributed by atoms with Gasteiger partial charge in [0.15, 0.2) is 0 Å². The molecule has 2 aliphatic rings. The quantitative estimate of drug-likeness (QED) is 0.849. The molecule has 0 amide bonds. The van der Waals surface area contributed by atoms with Gasteiger partial charge in [0.2, 0.25) is 0 Å². The lowest BCUT2D eigenvalue weighted by Gasteiger charge is -2.43. The maximum absolute atomic E-state index is 4.59. The molecule has 0 saturated heterocycles. The highest BCUT2D eigenvalue weighted by molar-refractivity contribution is 5.81. The zero-order valence-corrected chi connectivity index (χ0v) is 13.2. The molecule has 2 fully saturated rings. The molecule has 21 heavy (non-hydrogen) atoms. The molecule has 1 N–H and O–H groups in total. The Morgan fingerprint density at radius 2 is 2.00 bits per heavy atom. The third-order valence-electron chi connectivity index (χ3n) is 6.17. The fourth-order valence-corrected chi connectivity index (χ4v) is 4.98. The van der Waals surface area contributed by atoms with Gasteiger partial charge in [-0.3, -0.25) is 4.98 Å². The maximum Gasteiger partial charge on any atom is 0.0703 e. The van der Waals surface area contributed by atoms with Crippen LogP contribution in [0.1, 0.15) is 40.0 Å². The summed E-state index contributed by atoms with van der Waals surface area (Å²) in [5.41, 5.74) is 3.06. The van der Waals surface area contributed by atoms with E-state index in [4.69, 9.17) is 0 Å². The number of aromatic nitrogens is 1. The van der Waals surface area contributed by atoms with Crippen LogP contribution in [0.3, 0.4) is 0 Å². The zero-order chi connectivity index (χ0) is 14.7. The van der Waals surface area contributed by atoms with Crippen molar-refractivity contribution in [3.63, 3.8) is 0 Å². The van der Waals surface area contributed by atoms with Crippen LogP contribution in [-0.4, -0.2) is 11.0 Å². The Hall–Kier alpha value is -1.57. The molecule has 2 heteroatoms. The third-order valence-corrected chi connectivity index (χ3v) is 6.17. The van der Waals surface area contributed by atoms with Gasteiger partial charge in [-0.2, -0.15) is 0 Å². The smallest absolute Gasteiger partial charge is 0.0703 e. The molecule has 0 spiro atoms. The monoisotopic (exact) mass is 280 g/mol. The summed E-state index contributed by atoms with van der Waals surface area (Å²) in [4.78, 5) is 4.59. The van der Waals surface area contributed by atoms with E-state index in [0.717, 1.165) is 11.4 Å². The predicted octanol–water partition coefficient (Wildman–Crippen LogP) is 4.86. The molecule has 2 bridgehead atoms. The van der Waals surface area contributed by atoms with E-state index in [9.17, 15) is 0 Å². The third kappa shape index (κ3) is 1.88.